The minimum absolute atomic E-state index is 0.108. The van der Waals surface area contributed by atoms with Crippen molar-refractivity contribution in [1.29, 1.82) is 0 Å². The highest BCUT2D eigenvalue weighted by atomic mass is 79.9. The molecule has 84 valence electrons. The van der Waals surface area contributed by atoms with Gasteiger partial charge in [0.05, 0.1) is 4.83 Å². The van der Waals surface area contributed by atoms with Crippen LogP contribution in [-0.2, 0) is 9.59 Å². The minimum Gasteiger partial charge on any atom is -0.299 e. The molecule has 0 spiro atoms. The summed E-state index contributed by atoms with van der Waals surface area (Å²) in [5.74, 6) is 1.38. The van der Waals surface area contributed by atoms with E-state index >= 15 is 0 Å². The predicted octanol–water partition coefficient (Wildman–Crippen LogP) is 2.73. The molecule has 0 heterocycles. The highest BCUT2D eigenvalue weighted by Gasteiger charge is 2.39. The molecular weight excluding hydrogens is 256 g/mol. The van der Waals surface area contributed by atoms with Crippen LogP contribution in [-0.4, -0.2) is 16.4 Å². The summed E-state index contributed by atoms with van der Waals surface area (Å²) in [6, 6.07) is 0. The van der Waals surface area contributed by atoms with Crippen molar-refractivity contribution in [3.05, 3.63) is 0 Å². The first-order chi connectivity index (χ1) is 7.09. The SMILES string of the molecule is C[C@@H]1CC(=O)[C@@H]2CCC[C@H]2CC(=O)[C@H]1Br. The van der Waals surface area contributed by atoms with Gasteiger partial charge in [-0.3, -0.25) is 9.59 Å². The molecule has 0 amide bonds. The Balaban J connectivity index is 2.18. The van der Waals surface area contributed by atoms with Gasteiger partial charge >= 0.3 is 0 Å². The lowest BCUT2D eigenvalue weighted by atomic mass is 9.79. The second kappa shape index (κ2) is 4.36. The van der Waals surface area contributed by atoms with Crippen LogP contribution in [0.3, 0.4) is 0 Å². The minimum atomic E-state index is -0.108. The standard InChI is InChI=1S/C12H17BrO2/c1-7-5-10(14)9-4-2-3-8(9)6-11(15)12(7)13/h7-9,12H,2-6H2,1H3/t7-,8+,9-,12+/m1/s1. The first-order valence-electron chi connectivity index (χ1n) is 5.79. The van der Waals surface area contributed by atoms with E-state index in [1.165, 1.54) is 0 Å². The molecule has 0 aromatic rings. The third-order valence-corrected chi connectivity index (χ3v) is 5.28. The van der Waals surface area contributed by atoms with Crippen LogP contribution in [0.2, 0.25) is 0 Å². The number of carbonyl (C=O) groups excluding carboxylic acids is 2. The van der Waals surface area contributed by atoms with Crippen molar-refractivity contribution >= 4 is 27.5 Å². The summed E-state index contributed by atoms with van der Waals surface area (Å²) in [6.07, 6.45) is 4.38. The van der Waals surface area contributed by atoms with Gasteiger partial charge in [0, 0.05) is 18.8 Å². The normalized spacial score (nSPS) is 42.3. The Morgan fingerprint density at radius 2 is 1.87 bits per heavy atom. The zero-order chi connectivity index (χ0) is 11.0. The van der Waals surface area contributed by atoms with Crippen LogP contribution in [0.5, 0.6) is 0 Å². The lowest BCUT2D eigenvalue weighted by molar-refractivity contribution is -0.128. The van der Waals surface area contributed by atoms with E-state index in [0.29, 0.717) is 30.3 Å². The molecule has 2 rings (SSSR count). The lowest BCUT2D eigenvalue weighted by Gasteiger charge is -2.26. The summed E-state index contributed by atoms with van der Waals surface area (Å²) in [5.41, 5.74) is 0. The number of halogens is 1. The summed E-state index contributed by atoms with van der Waals surface area (Å²) in [4.78, 5) is 23.7. The molecule has 2 fully saturated rings. The maximum atomic E-state index is 12.0. The molecule has 3 heteroatoms. The number of ketones is 2. The maximum Gasteiger partial charge on any atom is 0.147 e. The van der Waals surface area contributed by atoms with Crippen LogP contribution in [0.1, 0.15) is 39.0 Å². The van der Waals surface area contributed by atoms with Gasteiger partial charge in [0.15, 0.2) is 0 Å². The van der Waals surface area contributed by atoms with Crippen molar-refractivity contribution in [2.24, 2.45) is 17.8 Å². The topological polar surface area (TPSA) is 34.1 Å². The summed E-state index contributed by atoms with van der Waals surface area (Å²) in [6.45, 7) is 1.99. The molecule has 0 radical (unpaired) electrons. The lowest BCUT2D eigenvalue weighted by Crippen LogP contribution is -2.33. The average molecular weight is 273 g/mol. The van der Waals surface area contributed by atoms with E-state index in [1.54, 1.807) is 0 Å². The number of Topliss-reactive ketones (excluding diaryl/α,β-unsaturated/α-hetero) is 2. The first-order valence-corrected chi connectivity index (χ1v) is 6.70. The van der Waals surface area contributed by atoms with Gasteiger partial charge in [-0.25, -0.2) is 0 Å². The van der Waals surface area contributed by atoms with E-state index in [4.69, 9.17) is 0 Å². The van der Waals surface area contributed by atoms with E-state index < -0.39 is 0 Å². The number of rotatable bonds is 0. The number of fused-ring (bicyclic) bond motifs is 1. The molecule has 0 aromatic carbocycles. The average Bonchev–Trinajstić information content (AvgIpc) is 2.63. The molecule has 0 bridgehead atoms. The monoisotopic (exact) mass is 272 g/mol. The Hall–Kier alpha value is -0.180. The fourth-order valence-electron chi connectivity index (χ4n) is 2.97. The van der Waals surface area contributed by atoms with Gasteiger partial charge in [-0.1, -0.05) is 29.3 Å². The van der Waals surface area contributed by atoms with Crippen LogP contribution in [0.25, 0.3) is 0 Å². The Morgan fingerprint density at radius 3 is 2.60 bits per heavy atom. The molecule has 2 saturated carbocycles. The van der Waals surface area contributed by atoms with Crippen molar-refractivity contribution in [1.82, 2.24) is 0 Å². The quantitative estimate of drug-likeness (QED) is 0.636. The Morgan fingerprint density at radius 1 is 1.13 bits per heavy atom. The van der Waals surface area contributed by atoms with Gasteiger partial charge in [0.25, 0.3) is 0 Å². The molecule has 0 unspecified atom stereocenters. The molecule has 2 nitrogen and oxygen atoms in total. The van der Waals surface area contributed by atoms with Crippen LogP contribution >= 0.6 is 15.9 Å². The van der Waals surface area contributed by atoms with E-state index in [1.807, 2.05) is 6.92 Å². The molecule has 0 saturated heterocycles. The second-order valence-corrected chi connectivity index (χ2v) is 6.00. The van der Waals surface area contributed by atoms with E-state index in [0.717, 1.165) is 19.3 Å². The molecule has 2 aliphatic carbocycles. The fraction of sp³-hybridized carbons (Fsp3) is 0.833. The van der Waals surface area contributed by atoms with Gasteiger partial charge in [0.1, 0.15) is 11.6 Å². The third kappa shape index (κ3) is 2.17. The maximum absolute atomic E-state index is 12.0. The smallest absolute Gasteiger partial charge is 0.147 e. The largest absolute Gasteiger partial charge is 0.299 e. The summed E-state index contributed by atoms with van der Waals surface area (Å²) >= 11 is 3.43. The number of hydrogen-bond acceptors (Lipinski definition) is 2. The molecule has 2 aliphatic rings. The van der Waals surface area contributed by atoms with Gasteiger partial charge in [-0.15, -0.1) is 0 Å². The summed E-state index contributed by atoms with van der Waals surface area (Å²) in [5, 5.41) is 0. The molecule has 15 heavy (non-hydrogen) atoms. The van der Waals surface area contributed by atoms with E-state index in [9.17, 15) is 9.59 Å². The van der Waals surface area contributed by atoms with Crippen molar-refractivity contribution in [2.45, 2.75) is 43.9 Å². The van der Waals surface area contributed by atoms with Crippen LogP contribution in [0, 0.1) is 17.8 Å². The Kier molecular flexibility index (Phi) is 3.29. The van der Waals surface area contributed by atoms with Crippen molar-refractivity contribution < 1.29 is 9.59 Å². The third-order valence-electron chi connectivity index (χ3n) is 3.87. The van der Waals surface area contributed by atoms with Crippen molar-refractivity contribution in [3.8, 4) is 0 Å². The van der Waals surface area contributed by atoms with Gasteiger partial charge < -0.3 is 0 Å². The molecule has 4 atom stereocenters. The molecule has 0 aromatic heterocycles. The van der Waals surface area contributed by atoms with Gasteiger partial charge in [0.2, 0.25) is 0 Å². The Labute approximate surface area is 98.9 Å². The highest BCUT2D eigenvalue weighted by Crippen LogP contribution is 2.39. The fourth-order valence-corrected chi connectivity index (χ4v) is 3.34. The number of carbonyl (C=O) groups is 2. The van der Waals surface area contributed by atoms with Gasteiger partial charge in [-0.2, -0.15) is 0 Å². The van der Waals surface area contributed by atoms with Crippen molar-refractivity contribution in [2.75, 3.05) is 0 Å². The zero-order valence-electron chi connectivity index (χ0n) is 9.04. The zero-order valence-corrected chi connectivity index (χ0v) is 10.6. The molecular formula is C12H17BrO2. The summed E-state index contributed by atoms with van der Waals surface area (Å²) in [7, 11) is 0. The van der Waals surface area contributed by atoms with Crippen LogP contribution < -0.4 is 0 Å². The van der Waals surface area contributed by atoms with E-state index in [2.05, 4.69) is 15.9 Å². The van der Waals surface area contributed by atoms with Crippen LogP contribution in [0.15, 0.2) is 0 Å². The van der Waals surface area contributed by atoms with E-state index in [-0.39, 0.29) is 16.7 Å². The second-order valence-electron chi connectivity index (χ2n) is 5.02. The first kappa shape index (κ1) is 11.3. The molecule has 0 N–H and O–H groups in total. The van der Waals surface area contributed by atoms with Crippen molar-refractivity contribution in [3.63, 3.8) is 0 Å². The Bertz CT molecular complexity index is 287. The number of hydrogen-bond donors (Lipinski definition) is 0. The highest BCUT2D eigenvalue weighted by molar-refractivity contribution is 9.10. The van der Waals surface area contributed by atoms with Gasteiger partial charge in [-0.05, 0) is 24.7 Å². The number of alkyl halides is 1. The molecule has 0 aliphatic heterocycles. The van der Waals surface area contributed by atoms with Crippen LogP contribution in [0.4, 0.5) is 0 Å². The summed E-state index contributed by atoms with van der Waals surface area (Å²) < 4.78 is 0. The predicted molar refractivity (Wildman–Crippen MR) is 62.0 cm³/mol.